The summed E-state index contributed by atoms with van der Waals surface area (Å²) < 4.78 is 5.60. The number of carbonyl (C=O) groups is 2. The number of ether oxygens (including phenoxy) is 1. The highest BCUT2D eigenvalue weighted by molar-refractivity contribution is 6.33. The summed E-state index contributed by atoms with van der Waals surface area (Å²) in [5, 5.41) is 3.30. The molecule has 3 rings (SSSR count). The molecular formula is C18H17ClN2O3. The lowest BCUT2D eigenvalue weighted by Crippen LogP contribution is -2.39. The average molecular weight is 345 g/mol. The molecule has 1 heterocycles. The smallest absolute Gasteiger partial charge is 0.243 e. The second kappa shape index (κ2) is 6.93. The standard InChI is InChI=1S/C18H17ClN2O3/c1-12(22)13-6-7-17-16(10-13)21(8-9-24-17)11-18(23)20-15-5-3-2-4-14(15)19/h2-7,10H,8-9,11H2,1H3,(H,20,23). The molecule has 2 aromatic rings. The van der Waals surface area contributed by atoms with Crippen LogP contribution in [0.4, 0.5) is 11.4 Å². The van der Waals surface area contributed by atoms with Gasteiger partial charge in [-0.2, -0.15) is 0 Å². The molecule has 0 saturated carbocycles. The maximum atomic E-state index is 12.3. The molecule has 0 saturated heterocycles. The monoisotopic (exact) mass is 344 g/mol. The molecular weight excluding hydrogens is 328 g/mol. The largest absolute Gasteiger partial charge is 0.490 e. The van der Waals surface area contributed by atoms with Crippen LogP contribution >= 0.6 is 11.6 Å². The van der Waals surface area contributed by atoms with E-state index in [0.29, 0.717) is 35.2 Å². The van der Waals surface area contributed by atoms with Crippen molar-refractivity contribution in [3.63, 3.8) is 0 Å². The zero-order chi connectivity index (χ0) is 17.1. The van der Waals surface area contributed by atoms with E-state index in [1.54, 1.807) is 36.4 Å². The van der Waals surface area contributed by atoms with E-state index >= 15 is 0 Å². The number of benzene rings is 2. The van der Waals surface area contributed by atoms with Gasteiger partial charge in [0.2, 0.25) is 5.91 Å². The predicted octanol–water partition coefficient (Wildman–Crippen LogP) is 3.38. The van der Waals surface area contributed by atoms with Gasteiger partial charge in [0.05, 0.1) is 29.5 Å². The quantitative estimate of drug-likeness (QED) is 0.864. The first-order valence-corrected chi connectivity index (χ1v) is 7.99. The van der Waals surface area contributed by atoms with Gasteiger partial charge in [0, 0.05) is 5.56 Å². The van der Waals surface area contributed by atoms with E-state index < -0.39 is 0 Å². The Balaban J connectivity index is 1.77. The molecule has 0 aliphatic carbocycles. The maximum absolute atomic E-state index is 12.3. The van der Waals surface area contributed by atoms with Crippen molar-refractivity contribution < 1.29 is 14.3 Å². The summed E-state index contributed by atoms with van der Waals surface area (Å²) in [5.41, 5.74) is 1.93. The minimum absolute atomic E-state index is 0.0242. The number of fused-ring (bicyclic) bond motifs is 1. The average Bonchev–Trinajstić information content (AvgIpc) is 2.57. The molecule has 1 amide bonds. The summed E-state index contributed by atoms with van der Waals surface area (Å²) in [6.45, 7) is 2.74. The normalized spacial score (nSPS) is 13.0. The summed E-state index contributed by atoms with van der Waals surface area (Å²) >= 11 is 6.06. The highest BCUT2D eigenvalue weighted by Crippen LogP contribution is 2.32. The highest BCUT2D eigenvalue weighted by atomic mass is 35.5. The minimum atomic E-state index is -0.177. The summed E-state index contributed by atoms with van der Waals surface area (Å²) in [7, 11) is 0. The lowest BCUT2D eigenvalue weighted by Gasteiger charge is -2.31. The SMILES string of the molecule is CC(=O)c1ccc2c(c1)N(CC(=O)Nc1ccccc1Cl)CCO2. The first kappa shape index (κ1) is 16.3. The van der Waals surface area contributed by atoms with Crippen LogP contribution in [0, 0.1) is 0 Å². The molecule has 0 spiro atoms. The van der Waals surface area contributed by atoms with Crippen molar-refractivity contribution in [3.05, 3.63) is 53.1 Å². The van der Waals surface area contributed by atoms with Crippen LogP contribution in [0.25, 0.3) is 0 Å². The van der Waals surface area contributed by atoms with E-state index in [-0.39, 0.29) is 18.2 Å². The predicted molar refractivity (Wildman–Crippen MR) is 94.2 cm³/mol. The molecule has 2 aromatic carbocycles. The number of hydrogen-bond acceptors (Lipinski definition) is 4. The Morgan fingerprint density at radius 1 is 1.25 bits per heavy atom. The molecule has 0 aromatic heterocycles. The number of halogens is 1. The molecule has 0 atom stereocenters. The Kier molecular flexibility index (Phi) is 4.71. The van der Waals surface area contributed by atoms with Crippen LogP contribution < -0.4 is 15.0 Å². The number of anilines is 2. The van der Waals surface area contributed by atoms with E-state index in [1.165, 1.54) is 6.92 Å². The molecule has 1 N–H and O–H groups in total. The van der Waals surface area contributed by atoms with Gasteiger partial charge in [-0.15, -0.1) is 0 Å². The van der Waals surface area contributed by atoms with Crippen LogP contribution in [0.1, 0.15) is 17.3 Å². The van der Waals surface area contributed by atoms with Crippen molar-refractivity contribution in [2.75, 3.05) is 29.9 Å². The van der Waals surface area contributed by atoms with E-state index in [9.17, 15) is 9.59 Å². The number of rotatable bonds is 4. The number of para-hydroxylation sites is 1. The second-order valence-electron chi connectivity index (χ2n) is 5.54. The van der Waals surface area contributed by atoms with Crippen LogP contribution in [0.2, 0.25) is 5.02 Å². The summed E-state index contributed by atoms with van der Waals surface area (Å²) in [6.07, 6.45) is 0. The Hall–Kier alpha value is -2.53. The Morgan fingerprint density at radius 2 is 2.04 bits per heavy atom. The van der Waals surface area contributed by atoms with E-state index in [4.69, 9.17) is 16.3 Å². The third-order valence-electron chi connectivity index (χ3n) is 3.81. The van der Waals surface area contributed by atoms with Gasteiger partial charge in [-0.05, 0) is 37.3 Å². The Labute approximate surface area is 145 Å². The van der Waals surface area contributed by atoms with Crippen molar-refractivity contribution in [2.24, 2.45) is 0 Å². The fourth-order valence-electron chi connectivity index (χ4n) is 2.58. The number of amides is 1. The van der Waals surface area contributed by atoms with Gasteiger partial charge in [0.15, 0.2) is 5.78 Å². The van der Waals surface area contributed by atoms with Crippen LogP contribution in [-0.2, 0) is 4.79 Å². The molecule has 0 bridgehead atoms. The summed E-state index contributed by atoms with van der Waals surface area (Å²) in [4.78, 5) is 25.8. The van der Waals surface area contributed by atoms with Crippen molar-refractivity contribution in [3.8, 4) is 5.75 Å². The fraction of sp³-hybridized carbons (Fsp3) is 0.222. The minimum Gasteiger partial charge on any atom is -0.490 e. The van der Waals surface area contributed by atoms with Crippen molar-refractivity contribution >= 4 is 34.7 Å². The molecule has 1 aliphatic heterocycles. The number of carbonyl (C=O) groups excluding carboxylic acids is 2. The van der Waals surface area contributed by atoms with Gasteiger partial charge in [-0.1, -0.05) is 23.7 Å². The van der Waals surface area contributed by atoms with Crippen molar-refractivity contribution in [1.82, 2.24) is 0 Å². The number of nitrogens with one attached hydrogen (secondary N) is 1. The lowest BCUT2D eigenvalue weighted by molar-refractivity contribution is -0.115. The Morgan fingerprint density at radius 3 is 2.79 bits per heavy atom. The summed E-state index contributed by atoms with van der Waals surface area (Å²) in [6, 6.07) is 12.4. The molecule has 6 heteroatoms. The number of ketones is 1. The second-order valence-corrected chi connectivity index (χ2v) is 5.94. The van der Waals surface area contributed by atoms with Crippen LogP contribution in [0.15, 0.2) is 42.5 Å². The van der Waals surface area contributed by atoms with Crippen molar-refractivity contribution in [2.45, 2.75) is 6.92 Å². The Bertz CT molecular complexity index is 792. The molecule has 24 heavy (non-hydrogen) atoms. The molecule has 0 unspecified atom stereocenters. The number of hydrogen-bond donors (Lipinski definition) is 1. The van der Waals surface area contributed by atoms with Crippen molar-refractivity contribution in [1.29, 1.82) is 0 Å². The topological polar surface area (TPSA) is 58.6 Å². The maximum Gasteiger partial charge on any atom is 0.243 e. The zero-order valence-corrected chi connectivity index (χ0v) is 14.0. The third kappa shape index (κ3) is 3.51. The van der Waals surface area contributed by atoms with Crippen LogP contribution in [0.5, 0.6) is 5.75 Å². The van der Waals surface area contributed by atoms with E-state index in [1.807, 2.05) is 11.0 Å². The van der Waals surface area contributed by atoms with Crippen LogP contribution in [-0.4, -0.2) is 31.4 Å². The number of Topliss-reactive ketones (excluding diaryl/α,β-unsaturated/α-hetero) is 1. The van der Waals surface area contributed by atoms with Gasteiger partial charge in [-0.25, -0.2) is 0 Å². The lowest BCUT2D eigenvalue weighted by atomic mass is 10.1. The van der Waals surface area contributed by atoms with Gasteiger partial charge >= 0.3 is 0 Å². The molecule has 5 nitrogen and oxygen atoms in total. The molecule has 1 aliphatic rings. The van der Waals surface area contributed by atoms with Gasteiger partial charge in [0.1, 0.15) is 12.4 Å². The van der Waals surface area contributed by atoms with E-state index in [2.05, 4.69) is 5.32 Å². The highest BCUT2D eigenvalue weighted by Gasteiger charge is 2.21. The molecule has 0 fully saturated rings. The van der Waals surface area contributed by atoms with Gasteiger partial charge in [0.25, 0.3) is 0 Å². The summed E-state index contributed by atoms with van der Waals surface area (Å²) in [5.74, 6) is 0.477. The van der Waals surface area contributed by atoms with Crippen LogP contribution in [0.3, 0.4) is 0 Å². The first-order chi connectivity index (χ1) is 11.5. The zero-order valence-electron chi connectivity index (χ0n) is 13.2. The first-order valence-electron chi connectivity index (χ1n) is 7.62. The number of nitrogens with zero attached hydrogens (tertiary/aromatic N) is 1. The molecule has 0 radical (unpaired) electrons. The molecule has 124 valence electrons. The van der Waals surface area contributed by atoms with Gasteiger partial charge in [-0.3, -0.25) is 9.59 Å². The van der Waals surface area contributed by atoms with Gasteiger partial charge < -0.3 is 15.0 Å². The fourth-order valence-corrected chi connectivity index (χ4v) is 2.76. The van der Waals surface area contributed by atoms with E-state index in [0.717, 1.165) is 5.69 Å². The third-order valence-corrected chi connectivity index (χ3v) is 4.14.